The Morgan fingerprint density at radius 3 is 2.15 bits per heavy atom. The fourth-order valence-corrected chi connectivity index (χ4v) is 3.06. The van der Waals surface area contributed by atoms with Crippen molar-refractivity contribution >= 4 is 21.8 Å². The topological polar surface area (TPSA) is 12.9 Å². The predicted molar refractivity (Wildman–Crippen MR) is 87.4 cm³/mol. The van der Waals surface area contributed by atoms with E-state index in [1.54, 1.807) is 0 Å². The largest absolute Gasteiger partial charge is 0.247 e. The molecule has 1 heterocycles. The SMILES string of the molecule is CC(C)c1c2ccccc2nc2c(C(C)C)cccc12. The molecule has 0 saturated heterocycles. The van der Waals surface area contributed by atoms with Crippen LogP contribution in [0.25, 0.3) is 21.8 Å². The number of aromatic nitrogens is 1. The predicted octanol–water partition coefficient (Wildman–Crippen LogP) is 5.63. The van der Waals surface area contributed by atoms with Crippen molar-refractivity contribution in [2.75, 3.05) is 0 Å². The zero-order chi connectivity index (χ0) is 14.3. The molecule has 0 aliphatic carbocycles. The van der Waals surface area contributed by atoms with Gasteiger partial charge in [0.2, 0.25) is 0 Å². The molecule has 0 saturated carbocycles. The van der Waals surface area contributed by atoms with Gasteiger partial charge < -0.3 is 0 Å². The average Bonchev–Trinajstić information content (AvgIpc) is 2.43. The molecular weight excluding hydrogens is 242 g/mol. The van der Waals surface area contributed by atoms with Crippen molar-refractivity contribution in [1.29, 1.82) is 0 Å². The number of hydrogen-bond acceptors (Lipinski definition) is 1. The smallest absolute Gasteiger partial charge is 0.0747 e. The maximum Gasteiger partial charge on any atom is 0.0747 e. The number of pyridine rings is 1. The second-order valence-electron chi connectivity index (χ2n) is 6.10. The van der Waals surface area contributed by atoms with Gasteiger partial charge in [0.1, 0.15) is 0 Å². The summed E-state index contributed by atoms with van der Waals surface area (Å²) < 4.78 is 0. The molecule has 0 unspecified atom stereocenters. The molecule has 0 spiro atoms. The minimum atomic E-state index is 0.493. The maximum atomic E-state index is 4.94. The average molecular weight is 263 g/mol. The monoisotopic (exact) mass is 263 g/mol. The summed E-state index contributed by atoms with van der Waals surface area (Å²) in [5.41, 5.74) is 5.05. The molecule has 1 nitrogen and oxygen atoms in total. The highest BCUT2D eigenvalue weighted by atomic mass is 14.7. The summed E-state index contributed by atoms with van der Waals surface area (Å²) in [6.45, 7) is 9.01. The van der Waals surface area contributed by atoms with Crippen LogP contribution in [-0.2, 0) is 0 Å². The van der Waals surface area contributed by atoms with E-state index in [-0.39, 0.29) is 0 Å². The van der Waals surface area contributed by atoms with Crippen molar-refractivity contribution in [1.82, 2.24) is 4.98 Å². The highest BCUT2D eigenvalue weighted by molar-refractivity contribution is 5.99. The lowest BCUT2D eigenvalue weighted by Gasteiger charge is -2.17. The van der Waals surface area contributed by atoms with Crippen LogP contribution in [0.15, 0.2) is 42.5 Å². The van der Waals surface area contributed by atoms with Crippen molar-refractivity contribution in [2.24, 2.45) is 0 Å². The summed E-state index contributed by atoms with van der Waals surface area (Å²) in [5, 5.41) is 2.60. The molecule has 0 bridgehead atoms. The highest BCUT2D eigenvalue weighted by Gasteiger charge is 2.14. The molecule has 3 rings (SSSR count). The van der Waals surface area contributed by atoms with E-state index in [2.05, 4.69) is 70.2 Å². The van der Waals surface area contributed by atoms with Gasteiger partial charge in [-0.1, -0.05) is 64.1 Å². The van der Waals surface area contributed by atoms with Gasteiger partial charge >= 0.3 is 0 Å². The van der Waals surface area contributed by atoms with Crippen LogP contribution in [0.4, 0.5) is 0 Å². The van der Waals surface area contributed by atoms with Gasteiger partial charge in [0.15, 0.2) is 0 Å². The minimum absolute atomic E-state index is 0.493. The molecule has 3 aromatic rings. The molecule has 2 aromatic carbocycles. The van der Waals surface area contributed by atoms with Crippen molar-refractivity contribution < 1.29 is 0 Å². The Morgan fingerprint density at radius 2 is 1.45 bits per heavy atom. The van der Waals surface area contributed by atoms with Gasteiger partial charge in [0.05, 0.1) is 11.0 Å². The first kappa shape index (κ1) is 13.1. The van der Waals surface area contributed by atoms with Gasteiger partial charge in [-0.05, 0) is 29.0 Å². The Bertz CT molecular complexity index is 769. The van der Waals surface area contributed by atoms with E-state index in [1.807, 2.05) is 0 Å². The minimum Gasteiger partial charge on any atom is -0.247 e. The first-order valence-electron chi connectivity index (χ1n) is 7.41. The van der Waals surface area contributed by atoms with Crippen LogP contribution in [0.3, 0.4) is 0 Å². The fraction of sp³-hybridized carbons (Fsp3) is 0.316. The summed E-state index contributed by atoms with van der Waals surface area (Å²) in [4.78, 5) is 4.94. The van der Waals surface area contributed by atoms with Crippen LogP contribution in [0, 0.1) is 0 Å². The van der Waals surface area contributed by atoms with E-state index in [0.717, 1.165) is 5.52 Å². The van der Waals surface area contributed by atoms with E-state index in [4.69, 9.17) is 4.98 Å². The third kappa shape index (κ3) is 1.98. The van der Waals surface area contributed by atoms with Crippen LogP contribution in [-0.4, -0.2) is 4.98 Å². The number of rotatable bonds is 2. The summed E-state index contributed by atoms with van der Waals surface area (Å²) in [5.74, 6) is 0.986. The molecule has 0 amide bonds. The number of para-hydroxylation sites is 2. The van der Waals surface area contributed by atoms with Crippen LogP contribution in [0.1, 0.15) is 50.7 Å². The van der Waals surface area contributed by atoms with Crippen molar-refractivity contribution in [3.63, 3.8) is 0 Å². The Hall–Kier alpha value is -1.89. The maximum absolute atomic E-state index is 4.94. The second kappa shape index (κ2) is 4.90. The van der Waals surface area contributed by atoms with Crippen molar-refractivity contribution in [2.45, 2.75) is 39.5 Å². The summed E-state index contributed by atoms with van der Waals surface area (Å²) in [7, 11) is 0. The molecular formula is C19H21N. The molecule has 1 heteroatoms. The van der Waals surface area contributed by atoms with Gasteiger partial charge in [0, 0.05) is 10.8 Å². The van der Waals surface area contributed by atoms with E-state index >= 15 is 0 Å². The van der Waals surface area contributed by atoms with Crippen LogP contribution >= 0.6 is 0 Å². The van der Waals surface area contributed by atoms with Gasteiger partial charge in [0.25, 0.3) is 0 Å². The standard InChI is InChI=1S/C19H21N/c1-12(2)14-9-7-10-16-18(13(3)4)15-8-5-6-11-17(15)20-19(14)16/h5-13H,1-4H3. The zero-order valence-electron chi connectivity index (χ0n) is 12.6. The summed E-state index contributed by atoms with van der Waals surface area (Å²) >= 11 is 0. The number of hydrogen-bond donors (Lipinski definition) is 0. The highest BCUT2D eigenvalue weighted by Crippen LogP contribution is 2.34. The van der Waals surface area contributed by atoms with Gasteiger partial charge in [-0.15, -0.1) is 0 Å². The third-order valence-corrected chi connectivity index (χ3v) is 3.98. The van der Waals surface area contributed by atoms with E-state index in [1.165, 1.54) is 27.4 Å². The Labute approximate surface area is 120 Å². The first-order chi connectivity index (χ1) is 9.59. The lowest BCUT2D eigenvalue weighted by molar-refractivity contribution is 0.868. The molecule has 0 N–H and O–H groups in total. The Kier molecular flexibility index (Phi) is 3.21. The normalized spacial score (nSPS) is 11.9. The van der Waals surface area contributed by atoms with Crippen LogP contribution in [0.5, 0.6) is 0 Å². The van der Waals surface area contributed by atoms with Crippen LogP contribution < -0.4 is 0 Å². The molecule has 1 aromatic heterocycles. The second-order valence-corrected chi connectivity index (χ2v) is 6.10. The Balaban J connectivity index is 2.53. The van der Waals surface area contributed by atoms with E-state index in [9.17, 15) is 0 Å². The van der Waals surface area contributed by atoms with Gasteiger partial charge in [-0.25, -0.2) is 4.98 Å². The third-order valence-electron chi connectivity index (χ3n) is 3.98. The Morgan fingerprint density at radius 1 is 0.750 bits per heavy atom. The fourth-order valence-electron chi connectivity index (χ4n) is 3.06. The lowest BCUT2D eigenvalue weighted by Crippen LogP contribution is -1.98. The molecule has 0 atom stereocenters. The molecule has 0 aliphatic heterocycles. The molecule has 0 aliphatic rings. The van der Waals surface area contributed by atoms with E-state index < -0.39 is 0 Å². The van der Waals surface area contributed by atoms with Crippen LogP contribution in [0.2, 0.25) is 0 Å². The molecule has 20 heavy (non-hydrogen) atoms. The molecule has 0 radical (unpaired) electrons. The number of benzene rings is 2. The zero-order valence-corrected chi connectivity index (χ0v) is 12.6. The molecule has 102 valence electrons. The van der Waals surface area contributed by atoms with Crippen molar-refractivity contribution in [3.8, 4) is 0 Å². The van der Waals surface area contributed by atoms with Crippen molar-refractivity contribution in [3.05, 3.63) is 53.6 Å². The van der Waals surface area contributed by atoms with Gasteiger partial charge in [-0.2, -0.15) is 0 Å². The van der Waals surface area contributed by atoms with E-state index in [0.29, 0.717) is 11.8 Å². The first-order valence-corrected chi connectivity index (χ1v) is 7.41. The summed E-state index contributed by atoms with van der Waals surface area (Å²) in [6, 6.07) is 15.1. The van der Waals surface area contributed by atoms with Gasteiger partial charge in [-0.3, -0.25) is 0 Å². The number of fused-ring (bicyclic) bond motifs is 2. The quantitative estimate of drug-likeness (QED) is 0.546. The summed E-state index contributed by atoms with van der Waals surface area (Å²) in [6.07, 6.45) is 0. The lowest BCUT2D eigenvalue weighted by atomic mass is 9.91. The molecule has 0 fully saturated rings. The number of nitrogens with zero attached hydrogens (tertiary/aromatic N) is 1.